The molecule has 4 N–H and O–H groups in total. The number of ether oxygens (including phenoxy) is 1. The van der Waals surface area contributed by atoms with E-state index in [1.807, 2.05) is 92.7 Å². The molecule has 1 amide bonds. The minimum absolute atomic E-state index is 0.00913. The average Bonchev–Trinajstić information content (AvgIpc) is 3.21. The summed E-state index contributed by atoms with van der Waals surface area (Å²) in [7, 11) is 0. The first-order valence-corrected chi connectivity index (χ1v) is 19.2. The van der Waals surface area contributed by atoms with Crippen LogP contribution in [0.2, 0.25) is 10.0 Å². The standard InChI is InChI=1S/C24H25ClN4O3.C19H16ClN3O3/c1-16-20(25)8-5-9-21(16)27-24-28-23(31)19(22(30)26-18-10-12-32-13-11-18)15-29(24)14-17-6-3-2-4-7-17;1-12-15(20)8-5-9-16(12)21-19-22-17(24)14(18(25)26)11-23(19)10-13-6-3-2-4-7-13/h2-9,15,18H,10-14H2,1H3,(H,26,30)(H,27,28,31);2-9,11H,10H2,1H3,(H,25,26)(H,21,22,24). The van der Waals surface area contributed by atoms with Crippen LogP contribution < -0.4 is 27.1 Å². The van der Waals surface area contributed by atoms with Crippen LogP contribution in [0.25, 0.3) is 0 Å². The highest BCUT2D eigenvalue weighted by Gasteiger charge is 2.21. The van der Waals surface area contributed by atoms with E-state index in [2.05, 4.69) is 25.9 Å². The van der Waals surface area contributed by atoms with Crippen molar-refractivity contribution in [1.29, 1.82) is 0 Å². The molecule has 2 aromatic heterocycles. The SMILES string of the molecule is Cc1c(Cl)cccc1Nc1nc(=O)c(C(=O)NC2CCOCC2)cn1Cc1ccccc1.Cc1c(Cl)cccc1Nc1nc(=O)c(C(=O)O)cn1Cc1ccccc1. The summed E-state index contributed by atoms with van der Waals surface area (Å²) in [5, 5.41) is 19.7. The Morgan fingerprint density at radius 1 is 0.690 bits per heavy atom. The number of nitrogens with zero attached hydrogens (tertiary/aromatic N) is 4. The highest BCUT2D eigenvalue weighted by molar-refractivity contribution is 6.32. The van der Waals surface area contributed by atoms with E-state index in [-0.39, 0.29) is 23.1 Å². The summed E-state index contributed by atoms with van der Waals surface area (Å²) in [6.45, 7) is 5.73. The van der Waals surface area contributed by atoms with Crippen LogP contribution in [0.4, 0.5) is 23.3 Å². The van der Waals surface area contributed by atoms with Gasteiger partial charge in [-0.05, 0) is 73.2 Å². The molecule has 15 heteroatoms. The summed E-state index contributed by atoms with van der Waals surface area (Å²) in [4.78, 5) is 57.2. The molecule has 298 valence electrons. The second-order valence-electron chi connectivity index (χ2n) is 13.5. The number of carboxylic acids is 1. The highest BCUT2D eigenvalue weighted by atomic mass is 35.5. The van der Waals surface area contributed by atoms with E-state index in [1.54, 1.807) is 33.5 Å². The Labute approximate surface area is 344 Å². The zero-order chi connectivity index (χ0) is 41.2. The van der Waals surface area contributed by atoms with Gasteiger partial charge in [-0.15, -0.1) is 0 Å². The molecule has 1 fully saturated rings. The van der Waals surface area contributed by atoms with E-state index in [9.17, 15) is 24.3 Å². The predicted octanol–water partition coefficient (Wildman–Crippen LogP) is 7.60. The molecule has 13 nitrogen and oxygen atoms in total. The number of amides is 1. The van der Waals surface area contributed by atoms with Gasteiger partial charge in [0.2, 0.25) is 11.9 Å². The van der Waals surface area contributed by atoms with E-state index in [0.717, 1.165) is 40.8 Å². The molecule has 4 aromatic carbocycles. The number of carboxylic acid groups (broad SMARTS) is 1. The fraction of sp³-hybridized carbons (Fsp3) is 0.209. The number of halogens is 2. The van der Waals surface area contributed by atoms with Crippen LogP contribution >= 0.6 is 23.2 Å². The number of hydrogen-bond donors (Lipinski definition) is 4. The Bertz CT molecular complexity index is 2520. The van der Waals surface area contributed by atoms with Crippen LogP contribution in [-0.4, -0.2) is 55.3 Å². The Morgan fingerprint density at radius 2 is 1.14 bits per heavy atom. The number of aromatic carboxylic acids is 1. The minimum atomic E-state index is -1.31. The lowest BCUT2D eigenvalue weighted by atomic mass is 10.1. The summed E-state index contributed by atoms with van der Waals surface area (Å²) in [6, 6.07) is 30.1. The van der Waals surface area contributed by atoms with Crippen molar-refractivity contribution in [3.05, 3.63) is 174 Å². The molecule has 0 unspecified atom stereocenters. The molecule has 1 aliphatic heterocycles. The number of anilines is 4. The van der Waals surface area contributed by atoms with Crippen molar-refractivity contribution in [3.8, 4) is 0 Å². The van der Waals surface area contributed by atoms with Gasteiger partial charge in [0.1, 0.15) is 11.1 Å². The molecule has 0 bridgehead atoms. The largest absolute Gasteiger partial charge is 0.477 e. The first-order valence-electron chi connectivity index (χ1n) is 18.4. The highest BCUT2D eigenvalue weighted by Crippen LogP contribution is 2.27. The van der Waals surface area contributed by atoms with Gasteiger partial charge >= 0.3 is 5.97 Å². The first-order chi connectivity index (χ1) is 28.0. The van der Waals surface area contributed by atoms with Gasteiger partial charge in [-0.3, -0.25) is 14.4 Å². The van der Waals surface area contributed by atoms with Gasteiger partial charge in [-0.1, -0.05) is 96.0 Å². The van der Waals surface area contributed by atoms with Crippen molar-refractivity contribution in [2.45, 2.75) is 45.8 Å². The van der Waals surface area contributed by atoms with E-state index in [4.69, 9.17) is 27.9 Å². The lowest BCUT2D eigenvalue weighted by Gasteiger charge is -2.23. The molecule has 7 rings (SSSR count). The first kappa shape index (κ1) is 41.4. The van der Waals surface area contributed by atoms with Crippen LogP contribution in [0.3, 0.4) is 0 Å². The molecule has 0 aliphatic carbocycles. The van der Waals surface area contributed by atoms with Crippen molar-refractivity contribution in [1.82, 2.24) is 24.4 Å². The van der Waals surface area contributed by atoms with Crippen molar-refractivity contribution >= 4 is 58.3 Å². The molecule has 0 atom stereocenters. The summed E-state index contributed by atoms with van der Waals surface area (Å²) >= 11 is 12.4. The van der Waals surface area contributed by atoms with Gasteiger partial charge in [0.25, 0.3) is 17.0 Å². The van der Waals surface area contributed by atoms with Crippen LogP contribution in [0, 0.1) is 13.8 Å². The number of hydrogen-bond acceptors (Lipinski definition) is 9. The third kappa shape index (κ3) is 10.6. The molecule has 1 aliphatic rings. The second kappa shape index (κ2) is 19.2. The summed E-state index contributed by atoms with van der Waals surface area (Å²) in [6.07, 6.45) is 4.32. The van der Waals surface area contributed by atoms with Crippen molar-refractivity contribution in [2.75, 3.05) is 23.8 Å². The lowest BCUT2D eigenvalue weighted by Crippen LogP contribution is -2.41. The van der Waals surface area contributed by atoms with Gasteiger partial charge in [-0.2, -0.15) is 9.97 Å². The maximum Gasteiger partial charge on any atom is 0.342 e. The number of aromatic nitrogens is 4. The molecular formula is C43H41Cl2N7O6. The normalized spacial score (nSPS) is 12.6. The topological polar surface area (TPSA) is 169 Å². The maximum absolute atomic E-state index is 12.9. The maximum atomic E-state index is 12.9. The van der Waals surface area contributed by atoms with Crippen molar-refractivity contribution in [2.24, 2.45) is 0 Å². The fourth-order valence-corrected chi connectivity index (χ4v) is 6.47. The molecule has 0 radical (unpaired) electrons. The number of carbonyl (C=O) groups excluding carboxylic acids is 1. The Kier molecular flexibility index (Phi) is 13.7. The van der Waals surface area contributed by atoms with Gasteiger partial charge in [0, 0.05) is 53.1 Å². The summed E-state index contributed by atoms with van der Waals surface area (Å²) in [5.41, 5.74) is 3.28. The van der Waals surface area contributed by atoms with Crippen LogP contribution in [0.15, 0.2) is 119 Å². The third-order valence-electron chi connectivity index (χ3n) is 9.44. The molecule has 0 saturated carbocycles. The molecule has 0 spiro atoms. The smallest absolute Gasteiger partial charge is 0.342 e. The van der Waals surface area contributed by atoms with Crippen LogP contribution in [0.1, 0.15) is 55.8 Å². The fourth-order valence-electron chi connectivity index (χ4n) is 6.12. The van der Waals surface area contributed by atoms with Crippen molar-refractivity contribution in [3.63, 3.8) is 0 Å². The lowest BCUT2D eigenvalue weighted by molar-refractivity contribution is 0.0686. The molecule has 3 heterocycles. The van der Waals surface area contributed by atoms with Gasteiger partial charge in [0.15, 0.2) is 0 Å². The number of carbonyl (C=O) groups is 2. The number of nitrogens with one attached hydrogen (secondary N) is 3. The quantitative estimate of drug-likeness (QED) is 0.102. The van der Waals surface area contributed by atoms with Gasteiger partial charge < -0.3 is 34.9 Å². The van der Waals surface area contributed by atoms with Crippen molar-refractivity contribution < 1.29 is 19.4 Å². The number of rotatable bonds is 11. The minimum Gasteiger partial charge on any atom is -0.477 e. The van der Waals surface area contributed by atoms with Gasteiger partial charge in [0.05, 0.1) is 13.1 Å². The average molecular weight is 823 g/mol. The van der Waals surface area contributed by atoms with Crippen LogP contribution in [0.5, 0.6) is 0 Å². The molecule has 58 heavy (non-hydrogen) atoms. The molecular weight excluding hydrogens is 781 g/mol. The third-order valence-corrected chi connectivity index (χ3v) is 10.3. The predicted molar refractivity (Wildman–Crippen MR) is 225 cm³/mol. The number of benzene rings is 4. The Balaban J connectivity index is 0.000000200. The van der Waals surface area contributed by atoms with E-state index in [0.29, 0.717) is 48.0 Å². The summed E-state index contributed by atoms with van der Waals surface area (Å²) in [5.74, 6) is -1.14. The van der Waals surface area contributed by atoms with E-state index >= 15 is 0 Å². The summed E-state index contributed by atoms with van der Waals surface area (Å²) < 4.78 is 8.71. The Hall–Kier alpha value is -6.28. The van der Waals surface area contributed by atoms with E-state index < -0.39 is 23.0 Å². The monoisotopic (exact) mass is 821 g/mol. The molecule has 6 aromatic rings. The second-order valence-corrected chi connectivity index (χ2v) is 14.3. The molecule has 1 saturated heterocycles. The van der Waals surface area contributed by atoms with Gasteiger partial charge in [-0.25, -0.2) is 4.79 Å². The van der Waals surface area contributed by atoms with E-state index in [1.165, 1.54) is 6.20 Å². The van der Waals surface area contributed by atoms with Crippen LogP contribution in [-0.2, 0) is 17.8 Å². The zero-order valence-corrected chi connectivity index (χ0v) is 33.3. The Morgan fingerprint density at radius 3 is 1.60 bits per heavy atom. The zero-order valence-electron chi connectivity index (χ0n) is 31.7.